The fourth-order valence-corrected chi connectivity index (χ4v) is 3.81. The maximum Gasteiger partial charge on any atom is 0.0245 e. The van der Waals surface area contributed by atoms with Crippen LogP contribution in [0.4, 0.5) is 0 Å². The monoisotopic (exact) mass is 338 g/mol. The molecule has 2 unspecified atom stereocenters. The normalized spacial score (nSPS) is 24.0. The van der Waals surface area contributed by atoms with Gasteiger partial charge in [0.15, 0.2) is 0 Å². The highest BCUT2D eigenvalue weighted by Gasteiger charge is 2.22. The van der Waals surface area contributed by atoms with E-state index in [1.807, 2.05) is 0 Å². The molecule has 1 aliphatic rings. The van der Waals surface area contributed by atoms with E-state index in [-0.39, 0.29) is 0 Å². The van der Waals surface area contributed by atoms with Gasteiger partial charge >= 0.3 is 0 Å². The van der Waals surface area contributed by atoms with Crippen molar-refractivity contribution < 1.29 is 0 Å². The number of hydrogen-bond acceptors (Lipinski definition) is 2. The van der Waals surface area contributed by atoms with Gasteiger partial charge in [-0.05, 0) is 42.0 Å². The topological polar surface area (TPSA) is 15.3 Å². The van der Waals surface area contributed by atoms with Crippen molar-refractivity contribution in [1.82, 2.24) is 10.2 Å². The Morgan fingerprint density at radius 1 is 1.25 bits per heavy atom. The van der Waals surface area contributed by atoms with E-state index in [0.717, 1.165) is 31.5 Å². The molecular formula is C17H27BrN2. The number of halogens is 1. The molecule has 0 aliphatic carbocycles. The summed E-state index contributed by atoms with van der Waals surface area (Å²) in [7, 11) is 0. The lowest BCUT2D eigenvalue weighted by molar-refractivity contribution is 0.134. The van der Waals surface area contributed by atoms with Crippen LogP contribution in [0.1, 0.15) is 38.3 Å². The molecule has 20 heavy (non-hydrogen) atoms. The van der Waals surface area contributed by atoms with Crippen LogP contribution < -0.4 is 5.32 Å². The Labute approximate surface area is 132 Å². The first-order chi connectivity index (χ1) is 9.58. The number of nitrogens with zero attached hydrogens (tertiary/aromatic N) is 1. The first kappa shape index (κ1) is 16.0. The summed E-state index contributed by atoms with van der Waals surface area (Å²) in [5, 5.41) is 3.37. The third kappa shape index (κ3) is 4.57. The molecule has 2 rings (SSSR count). The molecule has 3 heteroatoms. The van der Waals surface area contributed by atoms with Crippen LogP contribution in [0.2, 0.25) is 0 Å². The highest BCUT2D eigenvalue weighted by Crippen LogP contribution is 2.25. The van der Waals surface area contributed by atoms with Gasteiger partial charge in [0.05, 0.1) is 0 Å². The lowest BCUT2D eigenvalue weighted by atomic mass is 9.91. The van der Waals surface area contributed by atoms with Crippen molar-refractivity contribution in [3.8, 4) is 0 Å². The number of benzene rings is 1. The lowest BCUT2D eigenvalue weighted by Gasteiger charge is -2.35. The summed E-state index contributed by atoms with van der Waals surface area (Å²) in [5.74, 6) is 1.65. The Hall–Kier alpha value is -0.380. The van der Waals surface area contributed by atoms with Crippen molar-refractivity contribution in [2.24, 2.45) is 11.8 Å². The van der Waals surface area contributed by atoms with E-state index in [0.29, 0.717) is 0 Å². The zero-order valence-corrected chi connectivity index (χ0v) is 14.5. The smallest absolute Gasteiger partial charge is 0.0245 e. The molecule has 2 atom stereocenters. The van der Waals surface area contributed by atoms with Gasteiger partial charge in [-0.25, -0.2) is 0 Å². The number of rotatable bonds is 5. The Morgan fingerprint density at radius 3 is 2.55 bits per heavy atom. The molecule has 0 bridgehead atoms. The minimum absolute atomic E-state index is 0.825. The zero-order chi connectivity index (χ0) is 14.5. The number of nitrogens with one attached hydrogen (secondary N) is 1. The number of likely N-dealkylation sites (tertiary alicyclic amines) is 1. The second-order valence-electron chi connectivity index (χ2n) is 6.35. The van der Waals surface area contributed by atoms with E-state index in [9.17, 15) is 0 Å². The van der Waals surface area contributed by atoms with Gasteiger partial charge in [-0.1, -0.05) is 48.8 Å². The van der Waals surface area contributed by atoms with E-state index in [2.05, 4.69) is 65.1 Å². The molecule has 1 saturated heterocycles. The summed E-state index contributed by atoms with van der Waals surface area (Å²) in [5.41, 5.74) is 2.76. The highest BCUT2D eigenvalue weighted by atomic mass is 79.9. The van der Waals surface area contributed by atoms with Gasteiger partial charge in [0.25, 0.3) is 0 Å². The van der Waals surface area contributed by atoms with E-state index in [1.54, 1.807) is 0 Å². The van der Waals surface area contributed by atoms with Crippen molar-refractivity contribution in [1.29, 1.82) is 0 Å². The summed E-state index contributed by atoms with van der Waals surface area (Å²) in [4.78, 5) is 2.60. The third-order valence-electron chi connectivity index (χ3n) is 4.04. The van der Waals surface area contributed by atoms with Crippen molar-refractivity contribution in [2.45, 2.75) is 40.3 Å². The maximum absolute atomic E-state index is 3.74. The summed E-state index contributed by atoms with van der Waals surface area (Å²) in [6.07, 6.45) is 1.37. The highest BCUT2D eigenvalue weighted by molar-refractivity contribution is 9.10. The minimum Gasteiger partial charge on any atom is -0.313 e. The molecule has 2 nitrogen and oxygen atoms in total. The van der Waals surface area contributed by atoms with Gasteiger partial charge in [0.2, 0.25) is 0 Å². The molecule has 1 N–H and O–H groups in total. The molecule has 0 aromatic heterocycles. The van der Waals surface area contributed by atoms with Crippen LogP contribution in [0.15, 0.2) is 22.7 Å². The van der Waals surface area contributed by atoms with Gasteiger partial charge in [-0.3, -0.25) is 4.90 Å². The van der Waals surface area contributed by atoms with E-state index >= 15 is 0 Å². The summed E-state index contributed by atoms with van der Waals surface area (Å²) in [6.45, 7) is 12.4. The Kier molecular flexibility index (Phi) is 6.06. The maximum atomic E-state index is 3.74. The zero-order valence-electron chi connectivity index (χ0n) is 13.0. The Bertz CT molecular complexity index is 423. The molecule has 0 amide bonds. The summed E-state index contributed by atoms with van der Waals surface area (Å²) < 4.78 is 1.25. The van der Waals surface area contributed by atoms with Crippen LogP contribution in [-0.2, 0) is 13.1 Å². The van der Waals surface area contributed by atoms with Gasteiger partial charge in [-0.15, -0.1) is 0 Å². The molecule has 0 spiro atoms. The third-order valence-corrected chi connectivity index (χ3v) is 4.77. The first-order valence-corrected chi connectivity index (χ1v) is 8.58. The largest absolute Gasteiger partial charge is 0.313 e. The molecule has 1 fully saturated rings. The van der Waals surface area contributed by atoms with E-state index < -0.39 is 0 Å². The van der Waals surface area contributed by atoms with Crippen molar-refractivity contribution in [3.63, 3.8) is 0 Å². The molecule has 0 saturated carbocycles. The predicted molar refractivity (Wildman–Crippen MR) is 89.7 cm³/mol. The molecule has 1 aliphatic heterocycles. The van der Waals surface area contributed by atoms with Gasteiger partial charge in [0.1, 0.15) is 0 Å². The molecule has 1 aromatic rings. The van der Waals surface area contributed by atoms with E-state index in [4.69, 9.17) is 0 Å². The van der Waals surface area contributed by atoms with Crippen LogP contribution >= 0.6 is 15.9 Å². The quantitative estimate of drug-likeness (QED) is 0.871. The predicted octanol–water partition coefficient (Wildman–Crippen LogP) is 4.04. The van der Waals surface area contributed by atoms with Crippen molar-refractivity contribution in [3.05, 3.63) is 33.8 Å². The Balaban J connectivity index is 1.98. The molecule has 1 aromatic carbocycles. The summed E-state index contributed by atoms with van der Waals surface area (Å²) >= 11 is 3.74. The van der Waals surface area contributed by atoms with Crippen LogP contribution in [0.25, 0.3) is 0 Å². The molecule has 112 valence electrons. The Morgan fingerprint density at radius 2 is 1.95 bits per heavy atom. The standard InChI is InChI=1S/C17H27BrN2/c1-4-19-9-15-5-6-16(17(18)8-15)12-20-10-13(2)7-14(3)11-20/h5-6,8,13-14,19H,4,7,9-12H2,1-3H3. The van der Waals surface area contributed by atoms with E-state index in [1.165, 1.54) is 35.1 Å². The summed E-state index contributed by atoms with van der Waals surface area (Å²) in [6, 6.07) is 6.79. The lowest BCUT2D eigenvalue weighted by Crippen LogP contribution is -2.38. The average Bonchev–Trinajstić information content (AvgIpc) is 2.38. The molecule has 1 heterocycles. The van der Waals surface area contributed by atoms with Crippen LogP contribution in [-0.4, -0.2) is 24.5 Å². The molecule has 0 radical (unpaired) electrons. The van der Waals surface area contributed by atoms with Gasteiger partial charge in [0, 0.05) is 30.7 Å². The minimum atomic E-state index is 0.825. The average molecular weight is 339 g/mol. The fraction of sp³-hybridized carbons (Fsp3) is 0.647. The second kappa shape index (κ2) is 7.58. The number of piperidine rings is 1. The van der Waals surface area contributed by atoms with Gasteiger partial charge < -0.3 is 5.32 Å². The first-order valence-electron chi connectivity index (χ1n) is 7.78. The van der Waals surface area contributed by atoms with Crippen LogP contribution in [0, 0.1) is 11.8 Å². The SMILES string of the molecule is CCNCc1ccc(CN2CC(C)CC(C)C2)c(Br)c1. The van der Waals surface area contributed by atoms with Crippen molar-refractivity contribution >= 4 is 15.9 Å². The van der Waals surface area contributed by atoms with Crippen LogP contribution in [0.3, 0.4) is 0 Å². The fourth-order valence-electron chi connectivity index (χ4n) is 3.26. The van der Waals surface area contributed by atoms with Gasteiger partial charge in [-0.2, -0.15) is 0 Å². The van der Waals surface area contributed by atoms with Crippen molar-refractivity contribution in [2.75, 3.05) is 19.6 Å². The second-order valence-corrected chi connectivity index (χ2v) is 7.20. The van der Waals surface area contributed by atoms with Crippen LogP contribution in [0.5, 0.6) is 0 Å². The number of hydrogen-bond donors (Lipinski definition) is 1. The molecular weight excluding hydrogens is 312 g/mol.